The lowest BCUT2D eigenvalue weighted by Crippen LogP contribution is -2.46. The molecule has 0 heterocycles. The topological polar surface area (TPSA) is 87.7 Å². The van der Waals surface area contributed by atoms with Gasteiger partial charge in [-0.1, -0.05) is 6.07 Å². The molecule has 25 heavy (non-hydrogen) atoms. The van der Waals surface area contributed by atoms with E-state index >= 15 is 0 Å². The fourth-order valence-corrected chi connectivity index (χ4v) is 4.49. The van der Waals surface area contributed by atoms with Gasteiger partial charge in [0, 0.05) is 24.3 Å². The van der Waals surface area contributed by atoms with Gasteiger partial charge in [0.1, 0.15) is 0 Å². The van der Waals surface area contributed by atoms with Crippen LogP contribution in [-0.4, -0.2) is 32.6 Å². The van der Waals surface area contributed by atoms with Crippen LogP contribution in [0.15, 0.2) is 18.2 Å². The summed E-state index contributed by atoms with van der Waals surface area (Å²) in [5.41, 5.74) is 1.02. The first kappa shape index (κ1) is 17.6. The van der Waals surface area contributed by atoms with Gasteiger partial charge in [0.15, 0.2) is 11.5 Å². The molecule has 6 heteroatoms. The number of fused-ring (bicyclic) bond motifs is 2. The second kappa shape index (κ2) is 7.33. The molecule has 0 spiro atoms. The van der Waals surface area contributed by atoms with E-state index in [0.717, 1.165) is 24.8 Å². The van der Waals surface area contributed by atoms with Gasteiger partial charge < -0.3 is 24.7 Å². The summed E-state index contributed by atoms with van der Waals surface area (Å²) in [5.74, 6) is -0.681. The van der Waals surface area contributed by atoms with Crippen LogP contribution in [-0.2, 0) is 16.0 Å². The number of methoxy groups -OCH3 is 2. The summed E-state index contributed by atoms with van der Waals surface area (Å²) >= 11 is 0. The molecule has 2 fully saturated rings. The summed E-state index contributed by atoms with van der Waals surface area (Å²) < 4.78 is 10.5. The van der Waals surface area contributed by atoms with Crippen LogP contribution < -0.4 is 19.9 Å². The third kappa shape index (κ3) is 3.43. The molecule has 1 amide bonds. The van der Waals surface area contributed by atoms with Gasteiger partial charge in [-0.15, -0.1) is 0 Å². The highest BCUT2D eigenvalue weighted by molar-refractivity contribution is 5.85. The number of carboxylic acid groups (broad SMARTS) is 1. The van der Waals surface area contributed by atoms with Gasteiger partial charge >= 0.3 is 0 Å². The average molecular weight is 346 g/mol. The lowest BCUT2D eigenvalue weighted by molar-refractivity contribution is -0.314. The monoisotopic (exact) mass is 346 g/mol. The molecule has 0 unspecified atom stereocenters. The van der Waals surface area contributed by atoms with Gasteiger partial charge in [-0.25, -0.2) is 0 Å². The molecule has 2 aliphatic rings. The Morgan fingerprint density at radius 1 is 1.12 bits per heavy atom. The van der Waals surface area contributed by atoms with E-state index in [4.69, 9.17) is 9.47 Å². The van der Waals surface area contributed by atoms with E-state index in [1.165, 1.54) is 0 Å². The van der Waals surface area contributed by atoms with Gasteiger partial charge in [-0.05, 0) is 55.2 Å². The number of carboxylic acids is 1. The molecule has 3 rings (SSSR count). The molecular weight excluding hydrogens is 322 g/mol. The molecule has 2 bridgehead atoms. The molecule has 1 aromatic carbocycles. The number of rotatable bonds is 7. The Kier molecular flexibility index (Phi) is 5.16. The Bertz CT molecular complexity index is 659. The molecule has 2 saturated carbocycles. The van der Waals surface area contributed by atoms with Crippen molar-refractivity contribution in [1.29, 1.82) is 0 Å². The zero-order chi connectivity index (χ0) is 18.0. The lowest BCUT2D eigenvalue weighted by Gasteiger charge is -2.30. The fourth-order valence-electron chi connectivity index (χ4n) is 4.49. The fraction of sp³-hybridized carbons (Fsp3) is 0.579. The molecular formula is C19H24NO5-. The highest BCUT2D eigenvalue weighted by atomic mass is 16.5. The maximum atomic E-state index is 12.5. The quantitative estimate of drug-likeness (QED) is 0.788. The van der Waals surface area contributed by atoms with Crippen LogP contribution in [0, 0.1) is 23.7 Å². The third-order valence-electron chi connectivity index (χ3n) is 5.65. The molecule has 2 aliphatic carbocycles. The highest BCUT2D eigenvalue weighted by Gasteiger charge is 2.51. The van der Waals surface area contributed by atoms with Crippen molar-refractivity contribution in [3.8, 4) is 11.5 Å². The molecule has 6 nitrogen and oxygen atoms in total. The maximum Gasteiger partial charge on any atom is 0.224 e. The van der Waals surface area contributed by atoms with Crippen LogP contribution in [0.4, 0.5) is 0 Å². The number of amides is 1. The Balaban J connectivity index is 1.57. The van der Waals surface area contributed by atoms with E-state index in [2.05, 4.69) is 5.32 Å². The first-order valence-corrected chi connectivity index (χ1v) is 8.74. The van der Waals surface area contributed by atoms with E-state index in [1.807, 2.05) is 18.2 Å². The number of carbonyl (C=O) groups is 2. The second-order valence-corrected chi connectivity index (χ2v) is 6.93. The zero-order valence-electron chi connectivity index (χ0n) is 14.6. The molecule has 4 atom stereocenters. The molecule has 136 valence electrons. The summed E-state index contributed by atoms with van der Waals surface area (Å²) in [5, 5.41) is 14.3. The van der Waals surface area contributed by atoms with Crippen molar-refractivity contribution in [3.63, 3.8) is 0 Å². The summed E-state index contributed by atoms with van der Waals surface area (Å²) in [6.07, 6.45) is 3.33. The highest BCUT2D eigenvalue weighted by Crippen LogP contribution is 2.52. The van der Waals surface area contributed by atoms with Crippen LogP contribution in [0.1, 0.15) is 24.8 Å². The molecule has 1 N–H and O–H groups in total. The van der Waals surface area contributed by atoms with E-state index in [9.17, 15) is 14.7 Å². The van der Waals surface area contributed by atoms with Crippen molar-refractivity contribution >= 4 is 11.9 Å². The molecule has 1 aromatic rings. The van der Waals surface area contributed by atoms with Gasteiger partial charge in [0.2, 0.25) is 5.91 Å². The molecule has 0 aliphatic heterocycles. The predicted molar refractivity (Wildman–Crippen MR) is 89.1 cm³/mol. The van der Waals surface area contributed by atoms with E-state index in [-0.39, 0.29) is 17.7 Å². The van der Waals surface area contributed by atoms with Crippen LogP contribution in [0.2, 0.25) is 0 Å². The van der Waals surface area contributed by atoms with Gasteiger partial charge in [-0.2, -0.15) is 0 Å². The summed E-state index contributed by atoms with van der Waals surface area (Å²) in [6, 6.07) is 5.64. The van der Waals surface area contributed by atoms with Crippen molar-refractivity contribution in [1.82, 2.24) is 5.32 Å². The van der Waals surface area contributed by atoms with Crippen LogP contribution in [0.3, 0.4) is 0 Å². The van der Waals surface area contributed by atoms with Gasteiger partial charge in [0.25, 0.3) is 0 Å². The maximum absolute atomic E-state index is 12.5. The average Bonchev–Trinajstić information content (AvgIpc) is 3.22. The van der Waals surface area contributed by atoms with Crippen LogP contribution in [0.25, 0.3) is 0 Å². The predicted octanol–water partition coefficient (Wildman–Crippen LogP) is 0.775. The second-order valence-electron chi connectivity index (χ2n) is 6.93. The summed E-state index contributed by atoms with van der Waals surface area (Å²) in [7, 11) is 3.17. The lowest BCUT2D eigenvalue weighted by atomic mass is 9.78. The number of hydrogen-bond acceptors (Lipinski definition) is 5. The SMILES string of the molecule is COc1ccc(CCNC(=O)[C@@H]2[C@@H]3CC[C@@H](C3)[C@@H]2C(=O)[O-])cc1OC. The number of ether oxygens (including phenoxy) is 2. The van der Waals surface area contributed by atoms with Crippen molar-refractivity contribution in [2.75, 3.05) is 20.8 Å². The Hall–Kier alpha value is -2.24. The van der Waals surface area contributed by atoms with Crippen molar-refractivity contribution in [2.24, 2.45) is 23.7 Å². The zero-order valence-corrected chi connectivity index (χ0v) is 14.6. The van der Waals surface area contributed by atoms with E-state index in [0.29, 0.717) is 24.5 Å². The number of carbonyl (C=O) groups excluding carboxylic acids is 2. The Morgan fingerprint density at radius 2 is 1.80 bits per heavy atom. The molecule has 0 saturated heterocycles. The number of nitrogens with one attached hydrogen (secondary N) is 1. The standard InChI is InChI=1S/C19H25NO5/c1-24-14-6-3-11(9-15(14)25-2)7-8-20-18(21)16-12-4-5-13(10-12)17(16)19(22)23/h3,6,9,12-13,16-17H,4-5,7-8,10H2,1-2H3,(H,20,21)(H,22,23)/p-1/t12-,13+,16-,17+/m1/s1. The summed E-state index contributed by atoms with van der Waals surface area (Å²) in [4.78, 5) is 23.9. The van der Waals surface area contributed by atoms with E-state index in [1.54, 1.807) is 14.2 Å². The van der Waals surface area contributed by atoms with Crippen molar-refractivity contribution < 1.29 is 24.2 Å². The largest absolute Gasteiger partial charge is 0.550 e. The first-order valence-electron chi connectivity index (χ1n) is 8.74. The minimum atomic E-state index is -1.08. The Morgan fingerprint density at radius 3 is 2.44 bits per heavy atom. The van der Waals surface area contributed by atoms with Crippen molar-refractivity contribution in [2.45, 2.75) is 25.7 Å². The molecule has 0 radical (unpaired) electrons. The number of benzene rings is 1. The normalized spacial score (nSPS) is 27.1. The minimum Gasteiger partial charge on any atom is -0.550 e. The van der Waals surface area contributed by atoms with Gasteiger partial charge in [-0.3, -0.25) is 4.79 Å². The third-order valence-corrected chi connectivity index (χ3v) is 5.65. The van der Waals surface area contributed by atoms with Crippen LogP contribution >= 0.6 is 0 Å². The van der Waals surface area contributed by atoms with Crippen molar-refractivity contribution in [3.05, 3.63) is 23.8 Å². The Labute approximate surface area is 147 Å². The van der Waals surface area contributed by atoms with E-state index < -0.39 is 17.8 Å². The smallest absolute Gasteiger partial charge is 0.224 e. The minimum absolute atomic E-state index is 0.108. The van der Waals surface area contributed by atoms with Crippen LogP contribution in [0.5, 0.6) is 11.5 Å². The first-order chi connectivity index (χ1) is 12.0. The summed E-state index contributed by atoms with van der Waals surface area (Å²) in [6.45, 7) is 0.460. The molecule has 0 aromatic heterocycles. The van der Waals surface area contributed by atoms with Gasteiger partial charge in [0.05, 0.1) is 14.2 Å². The number of hydrogen-bond donors (Lipinski definition) is 1. The number of aliphatic carboxylic acids is 1.